The first-order chi connectivity index (χ1) is 8.61. The summed E-state index contributed by atoms with van der Waals surface area (Å²) in [5.41, 5.74) is 2.28. The lowest BCUT2D eigenvalue weighted by Crippen LogP contribution is -1.85. The molecule has 3 N–H and O–H groups in total. The van der Waals surface area contributed by atoms with Crippen LogP contribution >= 0.6 is 0 Å². The first-order valence-corrected chi connectivity index (χ1v) is 5.57. The van der Waals surface area contributed by atoms with Crippen molar-refractivity contribution in [3.63, 3.8) is 0 Å². The fraction of sp³-hybridized carbons (Fsp3) is 0.0667. The third-order valence-electron chi connectivity index (χ3n) is 2.73. The molecule has 3 heteroatoms. The summed E-state index contributed by atoms with van der Waals surface area (Å²) in [6.45, 7) is 3.67. The Kier molecular flexibility index (Phi) is 3.24. The largest absolute Gasteiger partial charge is 0.507 e. The van der Waals surface area contributed by atoms with Crippen molar-refractivity contribution >= 4 is 0 Å². The van der Waals surface area contributed by atoms with Crippen LogP contribution in [-0.2, 0) is 6.42 Å². The molecule has 2 aromatic carbocycles. The predicted molar refractivity (Wildman–Crippen MR) is 70.8 cm³/mol. The van der Waals surface area contributed by atoms with Crippen LogP contribution in [0, 0.1) is 0 Å². The smallest absolute Gasteiger partial charge is 0.158 e. The molecule has 0 unspecified atom stereocenters. The summed E-state index contributed by atoms with van der Waals surface area (Å²) in [5.74, 6) is -0.255. The average Bonchev–Trinajstić information content (AvgIpc) is 2.35. The van der Waals surface area contributed by atoms with Gasteiger partial charge in [-0.05, 0) is 41.8 Å². The van der Waals surface area contributed by atoms with Crippen LogP contribution in [0.4, 0.5) is 0 Å². The van der Waals surface area contributed by atoms with Crippen LogP contribution in [-0.4, -0.2) is 15.3 Å². The first-order valence-electron chi connectivity index (χ1n) is 5.57. The van der Waals surface area contributed by atoms with E-state index in [0.717, 1.165) is 5.56 Å². The van der Waals surface area contributed by atoms with E-state index < -0.39 is 0 Å². The molecule has 0 aliphatic rings. The highest BCUT2D eigenvalue weighted by atomic mass is 16.3. The van der Waals surface area contributed by atoms with Crippen LogP contribution in [0.5, 0.6) is 17.2 Å². The molecule has 0 bridgehead atoms. The van der Waals surface area contributed by atoms with Crippen molar-refractivity contribution in [3.05, 3.63) is 54.6 Å². The normalized spacial score (nSPS) is 10.2. The fourth-order valence-corrected chi connectivity index (χ4v) is 1.80. The summed E-state index contributed by atoms with van der Waals surface area (Å²) in [6.07, 6.45) is 2.49. The van der Waals surface area contributed by atoms with Gasteiger partial charge in [-0.3, -0.25) is 0 Å². The van der Waals surface area contributed by atoms with Crippen LogP contribution in [0.25, 0.3) is 11.1 Å². The second kappa shape index (κ2) is 4.84. The van der Waals surface area contributed by atoms with E-state index in [0.29, 0.717) is 17.5 Å². The minimum absolute atomic E-state index is 0.132. The van der Waals surface area contributed by atoms with Crippen LogP contribution in [0.1, 0.15) is 5.56 Å². The number of hydrogen-bond donors (Lipinski definition) is 3. The second-order valence-corrected chi connectivity index (χ2v) is 4.05. The third-order valence-corrected chi connectivity index (χ3v) is 2.73. The monoisotopic (exact) mass is 242 g/mol. The molecule has 2 aromatic rings. The van der Waals surface area contributed by atoms with Crippen molar-refractivity contribution in [1.29, 1.82) is 0 Å². The molecule has 0 aliphatic heterocycles. The summed E-state index contributed by atoms with van der Waals surface area (Å²) in [5, 5.41) is 28.6. The molecule has 0 aliphatic carbocycles. The Labute approximate surface area is 105 Å². The van der Waals surface area contributed by atoms with E-state index in [-0.39, 0.29) is 17.2 Å². The fourth-order valence-electron chi connectivity index (χ4n) is 1.80. The SMILES string of the molecule is C=CCc1ccc(O)c(-c2ccc(O)c(O)c2)c1. The summed E-state index contributed by atoms with van der Waals surface area (Å²) in [6, 6.07) is 9.72. The summed E-state index contributed by atoms with van der Waals surface area (Å²) in [4.78, 5) is 0. The van der Waals surface area contributed by atoms with Crippen molar-refractivity contribution in [2.75, 3.05) is 0 Å². The van der Waals surface area contributed by atoms with Crippen molar-refractivity contribution in [2.24, 2.45) is 0 Å². The minimum atomic E-state index is -0.207. The predicted octanol–water partition coefficient (Wildman–Crippen LogP) is 3.20. The molecule has 0 heterocycles. The maximum Gasteiger partial charge on any atom is 0.158 e. The molecule has 0 aromatic heterocycles. The van der Waals surface area contributed by atoms with Gasteiger partial charge in [0.25, 0.3) is 0 Å². The van der Waals surface area contributed by atoms with E-state index in [1.54, 1.807) is 18.2 Å². The number of phenols is 3. The van der Waals surface area contributed by atoms with Crippen molar-refractivity contribution in [1.82, 2.24) is 0 Å². The molecule has 0 saturated heterocycles. The lowest BCUT2D eigenvalue weighted by Gasteiger charge is -2.08. The van der Waals surface area contributed by atoms with E-state index in [1.165, 1.54) is 12.1 Å². The van der Waals surface area contributed by atoms with E-state index in [9.17, 15) is 15.3 Å². The highest BCUT2D eigenvalue weighted by Crippen LogP contribution is 2.35. The van der Waals surface area contributed by atoms with Crippen molar-refractivity contribution in [3.8, 4) is 28.4 Å². The standard InChI is InChI=1S/C15H14O3/c1-2-3-10-4-6-13(16)12(8-10)11-5-7-14(17)15(18)9-11/h2,4-9,16-18H,1,3H2. The Morgan fingerprint density at radius 3 is 2.28 bits per heavy atom. The third kappa shape index (κ3) is 2.30. The summed E-state index contributed by atoms with van der Waals surface area (Å²) >= 11 is 0. The maximum atomic E-state index is 9.85. The maximum absolute atomic E-state index is 9.85. The number of benzene rings is 2. The topological polar surface area (TPSA) is 60.7 Å². The summed E-state index contributed by atoms with van der Waals surface area (Å²) in [7, 11) is 0. The van der Waals surface area contributed by atoms with Gasteiger partial charge in [-0.1, -0.05) is 18.2 Å². The van der Waals surface area contributed by atoms with Gasteiger partial charge in [0.2, 0.25) is 0 Å². The van der Waals surface area contributed by atoms with Gasteiger partial charge in [-0.2, -0.15) is 0 Å². The molecule has 0 spiro atoms. The van der Waals surface area contributed by atoms with E-state index in [2.05, 4.69) is 6.58 Å². The van der Waals surface area contributed by atoms with Crippen LogP contribution < -0.4 is 0 Å². The molecule has 18 heavy (non-hydrogen) atoms. The highest BCUT2D eigenvalue weighted by Gasteiger charge is 2.08. The van der Waals surface area contributed by atoms with E-state index >= 15 is 0 Å². The molecule has 92 valence electrons. The lowest BCUT2D eigenvalue weighted by atomic mass is 10.0. The molecule has 2 rings (SSSR count). The Hall–Kier alpha value is -2.42. The molecule has 0 radical (unpaired) electrons. The van der Waals surface area contributed by atoms with Gasteiger partial charge >= 0.3 is 0 Å². The van der Waals surface area contributed by atoms with Crippen LogP contribution in [0.3, 0.4) is 0 Å². The molecule has 0 saturated carbocycles. The second-order valence-electron chi connectivity index (χ2n) is 4.05. The van der Waals surface area contributed by atoms with Gasteiger partial charge in [-0.25, -0.2) is 0 Å². The van der Waals surface area contributed by atoms with Crippen molar-refractivity contribution in [2.45, 2.75) is 6.42 Å². The summed E-state index contributed by atoms with van der Waals surface area (Å²) < 4.78 is 0. The molecule has 0 fully saturated rings. The lowest BCUT2D eigenvalue weighted by molar-refractivity contribution is 0.404. The molecular formula is C15H14O3. The van der Waals surface area contributed by atoms with Gasteiger partial charge in [0.1, 0.15) is 5.75 Å². The zero-order valence-corrected chi connectivity index (χ0v) is 9.80. The zero-order valence-electron chi connectivity index (χ0n) is 9.80. The molecule has 3 nitrogen and oxygen atoms in total. The van der Waals surface area contributed by atoms with Gasteiger partial charge in [0.15, 0.2) is 11.5 Å². The van der Waals surface area contributed by atoms with Crippen molar-refractivity contribution < 1.29 is 15.3 Å². The number of aromatic hydroxyl groups is 3. The van der Waals surface area contributed by atoms with Crippen LogP contribution in [0.15, 0.2) is 49.1 Å². The van der Waals surface area contributed by atoms with Gasteiger partial charge in [0, 0.05) is 5.56 Å². The molecule has 0 amide bonds. The van der Waals surface area contributed by atoms with Gasteiger partial charge in [0.05, 0.1) is 0 Å². The Morgan fingerprint density at radius 1 is 0.889 bits per heavy atom. The quantitative estimate of drug-likeness (QED) is 0.572. The Balaban J connectivity index is 2.51. The minimum Gasteiger partial charge on any atom is -0.507 e. The average molecular weight is 242 g/mol. The highest BCUT2D eigenvalue weighted by molar-refractivity contribution is 5.73. The Morgan fingerprint density at radius 2 is 1.61 bits per heavy atom. The molecular weight excluding hydrogens is 228 g/mol. The zero-order chi connectivity index (χ0) is 13.1. The van der Waals surface area contributed by atoms with Crippen LogP contribution in [0.2, 0.25) is 0 Å². The number of allylic oxidation sites excluding steroid dienone is 1. The first kappa shape index (κ1) is 12.0. The number of hydrogen-bond acceptors (Lipinski definition) is 3. The molecule has 0 atom stereocenters. The van der Waals surface area contributed by atoms with Gasteiger partial charge < -0.3 is 15.3 Å². The van der Waals surface area contributed by atoms with Gasteiger partial charge in [-0.15, -0.1) is 6.58 Å². The Bertz CT molecular complexity index is 588. The van der Waals surface area contributed by atoms with E-state index in [4.69, 9.17) is 0 Å². The number of phenolic OH excluding ortho intramolecular Hbond substituents is 3. The van der Waals surface area contributed by atoms with E-state index in [1.807, 2.05) is 12.1 Å². The number of rotatable bonds is 3.